The highest BCUT2D eigenvalue weighted by Gasteiger charge is 2.34. The monoisotopic (exact) mass is 316 g/mol. The van der Waals surface area contributed by atoms with Crippen molar-refractivity contribution in [2.75, 3.05) is 12.4 Å². The Morgan fingerprint density at radius 2 is 2.05 bits per heavy atom. The van der Waals surface area contributed by atoms with Crippen molar-refractivity contribution in [3.05, 3.63) is 34.7 Å². The van der Waals surface area contributed by atoms with Gasteiger partial charge in [0.1, 0.15) is 5.00 Å². The maximum Gasteiger partial charge on any atom is 0.419 e. The fourth-order valence-electron chi connectivity index (χ4n) is 1.63. The molecule has 0 aliphatic carbocycles. The van der Waals surface area contributed by atoms with Crippen LogP contribution in [0.2, 0.25) is 0 Å². The van der Waals surface area contributed by atoms with E-state index >= 15 is 0 Å². The number of carbonyl (C=O) groups excluding carboxylic acids is 1. The number of alkyl halides is 3. The van der Waals surface area contributed by atoms with E-state index in [0.29, 0.717) is 5.69 Å². The normalized spacial score (nSPS) is 11.3. The highest BCUT2D eigenvalue weighted by atomic mass is 32.1. The molecule has 0 unspecified atom stereocenters. The summed E-state index contributed by atoms with van der Waals surface area (Å²) in [5.74, 6) is -0.474. The number of halogens is 3. The van der Waals surface area contributed by atoms with Gasteiger partial charge in [0.05, 0.1) is 16.8 Å². The Balaban J connectivity index is 2.43. The zero-order valence-corrected chi connectivity index (χ0v) is 11.9. The maximum atomic E-state index is 13.0. The van der Waals surface area contributed by atoms with E-state index in [2.05, 4.69) is 20.6 Å². The van der Waals surface area contributed by atoms with Crippen molar-refractivity contribution in [2.24, 2.45) is 0 Å². The number of pyridine rings is 1. The fourth-order valence-corrected chi connectivity index (χ4v) is 2.32. The van der Waals surface area contributed by atoms with E-state index in [1.165, 1.54) is 18.6 Å². The van der Waals surface area contributed by atoms with Crippen LogP contribution in [0, 0.1) is 6.92 Å². The van der Waals surface area contributed by atoms with Gasteiger partial charge < -0.3 is 10.6 Å². The van der Waals surface area contributed by atoms with Gasteiger partial charge in [-0.05, 0) is 13.0 Å². The molecule has 0 aliphatic rings. The van der Waals surface area contributed by atoms with E-state index in [1.807, 2.05) is 0 Å². The molecule has 21 heavy (non-hydrogen) atoms. The van der Waals surface area contributed by atoms with E-state index in [1.54, 1.807) is 6.92 Å². The standard InChI is InChI=1S/C12H11F3N4OS/c1-6-3-8(7(4-17-6)12(13,14)15)19-11-9(10(20)16-2)18-5-21-11/h3-5H,1-2H3,(H,16,20)(H,17,19). The first-order valence-corrected chi connectivity index (χ1v) is 6.67. The van der Waals surface area contributed by atoms with Crippen molar-refractivity contribution >= 4 is 27.9 Å². The van der Waals surface area contributed by atoms with E-state index in [4.69, 9.17) is 0 Å². The molecule has 0 aliphatic heterocycles. The van der Waals surface area contributed by atoms with Crippen LogP contribution in [0.4, 0.5) is 23.9 Å². The third-order valence-electron chi connectivity index (χ3n) is 2.60. The largest absolute Gasteiger partial charge is 0.419 e. The minimum atomic E-state index is -4.54. The number of carbonyl (C=O) groups is 1. The summed E-state index contributed by atoms with van der Waals surface area (Å²) < 4.78 is 38.9. The summed E-state index contributed by atoms with van der Waals surface area (Å²) in [5.41, 5.74) is 0.796. The molecule has 0 bridgehead atoms. The quantitative estimate of drug-likeness (QED) is 0.913. The van der Waals surface area contributed by atoms with Crippen LogP contribution in [-0.2, 0) is 6.18 Å². The van der Waals surface area contributed by atoms with Crippen LogP contribution in [0.5, 0.6) is 0 Å². The summed E-state index contributed by atoms with van der Waals surface area (Å²) in [5, 5.41) is 5.24. The van der Waals surface area contributed by atoms with Gasteiger partial charge in [-0.2, -0.15) is 13.2 Å². The predicted octanol–water partition coefficient (Wildman–Crippen LogP) is 2.97. The first-order valence-electron chi connectivity index (χ1n) is 5.79. The molecule has 0 radical (unpaired) electrons. The summed E-state index contributed by atoms with van der Waals surface area (Å²) in [4.78, 5) is 19.1. The second-order valence-corrected chi connectivity index (χ2v) is 4.96. The summed E-state index contributed by atoms with van der Waals surface area (Å²) in [6, 6.07) is 1.27. The summed E-state index contributed by atoms with van der Waals surface area (Å²) >= 11 is 1.04. The Hall–Kier alpha value is -2.16. The van der Waals surface area contributed by atoms with E-state index in [-0.39, 0.29) is 16.4 Å². The van der Waals surface area contributed by atoms with Crippen molar-refractivity contribution in [3.63, 3.8) is 0 Å². The maximum absolute atomic E-state index is 13.0. The average Bonchev–Trinajstić information content (AvgIpc) is 2.84. The molecule has 5 nitrogen and oxygen atoms in total. The number of hydrogen-bond acceptors (Lipinski definition) is 5. The Labute approximate surface area is 122 Å². The first-order chi connectivity index (χ1) is 9.82. The van der Waals surface area contributed by atoms with Crippen LogP contribution in [-0.4, -0.2) is 22.9 Å². The molecule has 2 rings (SSSR count). The molecule has 9 heteroatoms. The van der Waals surface area contributed by atoms with Gasteiger partial charge in [-0.15, -0.1) is 11.3 Å². The number of thiazole rings is 1. The molecule has 2 aromatic rings. The van der Waals surface area contributed by atoms with Crippen LogP contribution in [0.1, 0.15) is 21.7 Å². The molecule has 0 spiro atoms. The highest BCUT2D eigenvalue weighted by molar-refractivity contribution is 7.14. The van der Waals surface area contributed by atoms with Crippen molar-refractivity contribution in [1.29, 1.82) is 0 Å². The van der Waals surface area contributed by atoms with Crippen molar-refractivity contribution in [2.45, 2.75) is 13.1 Å². The first kappa shape index (κ1) is 15.2. The minimum absolute atomic E-state index is 0.0464. The Morgan fingerprint density at radius 3 is 2.67 bits per heavy atom. The number of aromatic nitrogens is 2. The van der Waals surface area contributed by atoms with Gasteiger partial charge in [0, 0.05) is 18.9 Å². The van der Waals surface area contributed by atoms with Crippen LogP contribution in [0.3, 0.4) is 0 Å². The molecule has 112 valence electrons. The number of amides is 1. The molecular weight excluding hydrogens is 305 g/mol. The molecule has 2 N–H and O–H groups in total. The number of anilines is 2. The Kier molecular flexibility index (Phi) is 4.12. The summed E-state index contributed by atoms with van der Waals surface area (Å²) in [6.45, 7) is 1.58. The number of aryl methyl sites for hydroxylation is 1. The molecule has 1 amide bonds. The molecule has 0 saturated carbocycles. The van der Waals surface area contributed by atoms with Crippen LogP contribution >= 0.6 is 11.3 Å². The SMILES string of the molecule is CNC(=O)c1ncsc1Nc1cc(C)ncc1C(F)(F)F. The summed E-state index contributed by atoms with van der Waals surface area (Å²) in [7, 11) is 1.42. The zero-order chi connectivity index (χ0) is 15.6. The Morgan fingerprint density at radius 1 is 1.33 bits per heavy atom. The molecule has 0 saturated heterocycles. The topological polar surface area (TPSA) is 66.9 Å². The third kappa shape index (κ3) is 3.30. The molecule has 0 aromatic carbocycles. The average molecular weight is 316 g/mol. The van der Waals surface area contributed by atoms with Gasteiger partial charge in [-0.3, -0.25) is 9.78 Å². The minimum Gasteiger partial charge on any atom is -0.354 e. The number of nitrogens with zero attached hydrogens (tertiary/aromatic N) is 2. The van der Waals surface area contributed by atoms with Gasteiger partial charge in [0.2, 0.25) is 0 Å². The van der Waals surface area contributed by atoms with Gasteiger partial charge in [-0.1, -0.05) is 0 Å². The van der Waals surface area contributed by atoms with E-state index in [0.717, 1.165) is 17.5 Å². The molecular formula is C12H11F3N4OS. The van der Waals surface area contributed by atoms with Gasteiger partial charge in [0.25, 0.3) is 5.91 Å². The highest BCUT2D eigenvalue weighted by Crippen LogP contribution is 2.37. The number of hydrogen-bond donors (Lipinski definition) is 2. The predicted molar refractivity (Wildman–Crippen MR) is 72.8 cm³/mol. The lowest BCUT2D eigenvalue weighted by Gasteiger charge is -2.14. The lowest BCUT2D eigenvalue weighted by Crippen LogP contribution is -2.19. The lowest BCUT2D eigenvalue weighted by atomic mass is 10.2. The second kappa shape index (κ2) is 5.68. The van der Waals surface area contributed by atoms with Crippen molar-refractivity contribution < 1.29 is 18.0 Å². The summed E-state index contributed by atoms with van der Waals surface area (Å²) in [6.07, 6.45) is -3.78. The van der Waals surface area contributed by atoms with Gasteiger partial charge >= 0.3 is 6.18 Å². The van der Waals surface area contributed by atoms with Crippen LogP contribution in [0.15, 0.2) is 17.8 Å². The molecule has 0 atom stereocenters. The molecule has 0 fully saturated rings. The number of nitrogens with one attached hydrogen (secondary N) is 2. The van der Waals surface area contributed by atoms with Crippen molar-refractivity contribution in [3.8, 4) is 0 Å². The van der Waals surface area contributed by atoms with Gasteiger partial charge in [0.15, 0.2) is 5.69 Å². The van der Waals surface area contributed by atoms with E-state index in [9.17, 15) is 18.0 Å². The third-order valence-corrected chi connectivity index (χ3v) is 3.35. The van der Waals surface area contributed by atoms with Crippen LogP contribution in [0.25, 0.3) is 0 Å². The van der Waals surface area contributed by atoms with Gasteiger partial charge in [-0.25, -0.2) is 4.98 Å². The number of rotatable bonds is 3. The molecule has 2 aromatic heterocycles. The van der Waals surface area contributed by atoms with E-state index < -0.39 is 17.6 Å². The van der Waals surface area contributed by atoms with Crippen molar-refractivity contribution in [1.82, 2.24) is 15.3 Å². The van der Waals surface area contributed by atoms with Crippen LogP contribution < -0.4 is 10.6 Å². The zero-order valence-electron chi connectivity index (χ0n) is 11.1. The smallest absolute Gasteiger partial charge is 0.354 e. The second-order valence-electron chi connectivity index (χ2n) is 4.10. The Bertz CT molecular complexity index is 669. The lowest BCUT2D eigenvalue weighted by molar-refractivity contribution is -0.137. The molecule has 2 heterocycles. The fraction of sp³-hybridized carbons (Fsp3) is 0.250.